The third-order valence-electron chi connectivity index (χ3n) is 6.45. The zero-order chi connectivity index (χ0) is 29.9. The minimum atomic E-state index is -3.53. The smallest absolute Gasteiger partial charge is 0.368 e. The lowest BCUT2D eigenvalue weighted by Crippen LogP contribution is -2.31. The number of carbonyl (C=O) groups is 1. The third kappa shape index (κ3) is 7.66. The van der Waals surface area contributed by atoms with E-state index in [0.29, 0.717) is 12.2 Å². The molecule has 0 unspecified atom stereocenters. The summed E-state index contributed by atoms with van der Waals surface area (Å²) >= 11 is 0. The first kappa shape index (κ1) is 31.0. The van der Waals surface area contributed by atoms with Crippen molar-refractivity contribution in [2.24, 2.45) is 0 Å². The Labute approximate surface area is 240 Å². The summed E-state index contributed by atoms with van der Waals surface area (Å²) in [4.78, 5) is 11.9. The van der Waals surface area contributed by atoms with Crippen molar-refractivity contribution in [3.63, 3.8) is 0 Å². The molecule has 0 saturated carbocycles. The van der Waals surface area contributed by atoms with Gasteiger partial charge in [-0.25, -0.2) is 4.39 Å². The van der Waals surface area contributed by atoms with E-state index in [1.807, 2.05) is 18.2 Å². The molecule has 0 aliphatic carbocycles. The number of aromatic nitrogens is 1. The highest BCUT2D eigenvalue weighted by atomic mass is 31.2. The minimum absolute atomic E-state index is 0.0163. The number of esters is 1. The van der Waals surface area contributed by atoms with Crippen LogP contribution in [-0.2, 0) is 23.1 Å². The molecule has 0 amide bonds. The van der Waals surface area contributed by atoms with Crippen molar-refractivity contribution in [3.8, 4) is 16.9 Å². The van der Waals surface area contributed by atoms with Crippen molar-refractivity contribution < 1.29 is 37.4 Å². The van der Waals surface area contributed by atoms with Crippen LogP contribution in [0, 0.1) is 5.82 Å². The summed E-state index contributed by atoms with van der Waals surface area (Å²) in [5, 5.41) is 10.9. The number of aliphatic hydroxyl groups is 1. The van der Waals surface area contributed by atoms with E-state index in [-0.39, 0.29) is 36.8 Å². The second kappa shape index (κ2) is 12.9. The molecule has 0 radical (unpaired) electrons. The summed E-state index contributed by atoms with van der Waals surface area (Å²) in [6.45, 7) is 11.3. The van der Waals surface area contributed by atoms with Gasteiger partial charge in [0, 0.05) is 34.6 Å². The van der Waals surface area contributed by atoms with E-state index in [9.17, 15) is 18.9 Å². The highest BCUT2D eigenvalue weighted by Gasteiger charge is 2.30. The first-order chi connectivity index (χ1) is 19.3. The lowest BCUT2D eigenvalue weighted by molar-refractivity contribution is -0.156. The Hall–Kier alpha value is -2.97. The van der Waals surface area contributed by atoms with E-state index >= 15 is 0 Å². The van der Waals surface area contributed by atoms with Crippen molar-refractivity contribution in [2.45, 2.75) is 84.8 Å². The molecule has 2 atom stereocenters. The van der Waals surface area contributed by atoms with Gasteiger partial charge in [-0.2, -0.15) is 0 Å². The topological polar surface area (TPSA) is 96.2 Å². The molecule has 8 nitrogen and oxygen atoms in total. The number of cyclic esters (lactones) is 1. The molecule has 4 rings (SSSR count). The normalized spacial score (nSPS) is 18.3. The van der Waals surface area contributed by atoms with Crippen LogP contribution < -0.4 is 4.74 Å². The van der Waals surface area contributed by atoms with Crippen LogP contribution in [0.2, 0.25) is 0 Å². The number of carbonyl (C=O) groups excluding carboxylic acids is 1. The van der Waals surface area contributed by atoms with Crippen LogP contribution in [0.3, 0.4) is 0 Å². The zero-order valence-electron chi connectivity index (χ0n) is 24.4. The van der Waals surface area contributed by atoms with Crippen LogP contribution in [0.4, 0.5) is 4.39 Å². The Morgan fingerprint density at radius 1 is 1.07 bits per heavy atom. The van der Waals surface area contributed by atoms with Gasteiger partial charge in [0.2, 0.25) is 0 Å². The Balaban J connectivity index is 1.80. The van der Waals surface area contributed by atoms with Gasteiger partial charge in [-0.05, 0) is 89.6 Å². The minimum Gasteiger partial charge on any atom is -0.481 e. The molecule has 222 valence electrons. The van der Waals surface area contributed by atoms with E-state index in [1.54, 1.807) is 52.0 Å². The Morgan fingerprint density at radius 3 is 2.32 bits per heavy atom. The molecule has 2 aromatic carbocycles. The average molecular weight is 588 g/mol. The van der Waals surface area contributed by atoms with Crippen LogP contribution in [0.25, 0.3) is 28.1 Å². The van der Waals surface area contributed by atoms with Gasteiger partial charge in [0.1, 0.15) is 17.7 Å². The van der Waals surface area contributed by atoms with Crippen LogP contribution >= 0.6 is 7.60 Å². The number of benzene rings is 2. The largest absolute Gasteiger partial charge is 0.481 e. The number of ether oxygens (including phenoxy) is 2. The van der Waals surface area contributed by atoms with Crippen LogP contribution in [0.1, 0.15) is 66.1 Å². The van der Waals surface area contributed by atoms with E-state index in [4.69, 9.17) is 18.5 Å². The van der Waals surface area contributed by atoms with Gasteiger partial charge in [-0.15, -0.1) is 0 Å². The van der Waals surface area contributed by atoms with Crippen molar-refractivity contribution in [3.05, 3.63) is 60.1 Å². The summed E-state index contributed by atoms with van der Waals surface area (Å²) in [6, 6.07) is 11.9. The van der Waals surface area contributed by atoms with Crippen molar-refractivity contribution in [1.29, 1.82) is 0 Å². The van der Waals surface area contributed by atoms with Gasteiger partial charge < -0.3 is 28.2 Å². The highest BCUT2D eigenvalue weighted by molar-refractivity contribution is 7.53. The predicted molar refractivity (Wildman–Crippen MR) is 157 cm³/mol. The van der Waals surface area contributed by atoms with Crippen LogP contribution in [0.5, 0.6) is 5.75 Å². The van der Waals surface area contributed by atoms with Crippen molar-refractivity contribution in [1.82, 2.24) is 4.57 Å². The van der Waals surface area contributed by atoms with Crippen LogP contribution in [0.15, 0.2) is 48.5 Å². The van der Waals surface area contributed by atoms with Gasteiger partial charge >= 0.3 is 13.6 Å². The number of rotatable bonds is 11. The maximum Gasteiger partial charge on any atom is 0.368 e. The average Bonchev–Trinajstić information content (AvgIpc) is 3.19. The molecule has 2 heterocycles. The van der Waals surface area contributed by atoms with Gasteiger partial charge in [0.25, 0.3) is 0 Å². The first-order valence-corrected chi connectivity index (χ1v) is 15.7. The molecule has 1 aliphatic heterocycles. The number of nitrogens with zero attached hydrogens (tertiary/aromatic N) is 1. The molecule has 41 heavy (non-hydrogen) atoms. The van der Waals surface area contributed by atoms with E-state index < -0.39 is 25.8 Å². The Bertz CT molecular complexity index is 1430. The lowest BCUT2D eigenvalue weighted by atomic mass is 10.00. The summed E-state index contributed by atoms with van der Waals surface area (Å²) < 4.78 is 52.1. The second-order valence-corrected chi connectivity index (χ2v) is 13.0. The summed E-state index contributed by atoms with van der Waals surface area (Å²) in [7, 11) is -3.53. The molecule has 1 aliphatic rings. The van der Waals surface area contributed by atoms with Crippen molar-refractivity contribution >= 4 is 30.5 Å². The number of hydrogen-bond acceptors (Lipinski definition) is 7. The van der Waals surface area contributed by atoms with E-state index in [2.05, 4.69) is 18.4 Å². The molecule has 10 heteroatoms. The standard InChI is InChI=1S/C31H39FNO7P/c1-19(2)33-28-13-11-25(37-18-41(36,39-20(3)4)40-21(5)6)17-27(28)31(22-7-9-23(32)10-8-22)29(33)14-12-26-15-24(34)16-30(35)38-26/h7-14,17,19-21,24,26,34H,15-16,18H2,1-6H3/b14-12+/t24-,26-/m1/s1. The quantitative estimate of drug-likeness (QED) is 0.183. The van der Waals surface area contributed by atoms with Crippen molar-refractivity contribution in [2.75, 3.05) is 6.35 Å². The van der Waals surface area contributed by atoms with Gasteiger partial charge in [-0.3, -0.25) is 9.36 Å². The Kier molecular flexibility index (Phi) is 9.75. The molecule has 0 bridgehead atoms. The maximum absolute atomic E-state index is 13.9. The van der Waals surface area contributed by atoms with Crippen LogP contribution in [-0.4, -0.2) is 46.4 Å². The fraction of sp³-hybridized carbons (Fsp3) is 0.452. The molecule has 1 N–H and O–H groups in total. The fourth-order valence-corrected chi connectivity index (χ4v) is 6.81. The highest BCUT2D eigenvalue weighted by Crippen LogP contribution is 2.50. The monoisotopic (exact) mass is 587 g/mol. The van der Waals surface area contributed by atoms with Gasteiger partial charge in [0.05, 0.1) is 24.7 Å². The van der Waals surface area contributed by atoms with Gasteiger partial charge in [-0.1, -0.05) is 12.1 Å². The fourth-order valence-electron chi connectivity index (χ4n) is 5.05. The third-order valence-corrected chi connectivity index (χ3v) is 8.38. The Morgan fingerprint density at radius 2 is 1.73 bits per heavy atom. The number of hydrogen-bond donors (Lipinski definition) is 1. The predicted octanol–water partition coefficient (Wildman–Crippen LogP) is 7.49. The maximum atomic E-state index is 13.9. The number of halogens is 1. The first-order valence-electron chi connectivity index (χ1n) is 13.9. The molecule has 3 aromatic rings. The zero-order valence-corrected chi connectivity index (χ0v) is 25.3. The summed E-state index contributed by atoms with van der Waals surface area (Å²) in [6.07, 6.45) is 1.76. The lowest BCUT2D eigenvalue weighted by Gasteiger charge is -2.23. The van der Waals surface area contributed by atoms with E-state index in [1.165, 1.54) is 12.1 Å². The van der Waals surface area contributed by atoms with Gasteiger partial charge in [0.15, 0.2) is 6.35 Å². The molecular formula is C31H39FNO7P. The summed E-state index contributed by atoms with van der Waals surface area (Å²) in [5.74, 6) is -0.318. The summed E-state index contributed by atoms with van der Waals surface area (Å²) in [5.41, 5.74) is 3.35. The SMILES string of the molecule is CC(C)OP(=O)(COc1ccc2c(c1)c(-c1ccc(F)cc1)c(/C=C/[C@@H]1C[C@@H](O)CC(=O)O1)n2C(C)C)OC(C)C. The number of aliphatic hydroxyl groups excluding tert-OH is 1. The molecule has 1 aromatic heterocycles. The molecule has 1 fully saturated rings. The second-order valence-electron chi connectivity index (χ2n) is 11.1. The molecule has 1 saturated heterocycles. The molecule has 0 spiro atoms. The number of fused-ring (bicyclic) bond motifs is 1. The molecular weight excluding hydrogens is 548 g/mol. The van der Waals surface area contributed by atoms with E-state index in [0.717, 1.165) is 27.7 Å².